The number of carbonyl (C=O) groups is 1. The van der Waals surface area contributed by atoms with E-state index >= 15 is 0 Å². The third-order valence-corrected chi connectivity index (χ3v) is 3.57. The molecule has 1 amide bonds. The number of alkyl halides is 2. The molecule has 7 heteroatoms. The van der Waals surface area contributed by atoms with Crippen LogP contribution in [0, 0.1) is 0 Å². The van der Waals surface area contributed by atoms with Crippen molar-refractivity contribution in [3.63, 3.8) is 0 Å². The molecule has 0 unspecified atom stereocenters. The quantitative estimate of drug-likeness (QED) is 0.729. The summed E-state index contributed by atoms with van der Waals surface area (Å²) in [7, 11) is 0. The van der Waals surface area contributed by atoms with Crippen molar-refractivity contribution in [2.75, 3.05) is 11.9 Å². The summed E-state index contributed by atoms with van der Waals surface area (Å²) in [5, 5.41) is 11.4. The van der Waals surface area contributed by atoms with Crippen LogP contribution in [0.3, 0.4) is 0 Å². The van der Waals surface area contributed by atoms with Gasteiger partial charge in [-0.2, -0.15) is 0 Å². The van der Waals surface area contributed by atoms with Crippen LogP contribution in [0.1, 0.15) is 13.3 Å². The molecule has 0 aliphatic heterocycles. The summed E-state index contributed by atoms with van der Waals surface area (Å²) in [6.07, 6.45) is -1.10. The van der Waals surface area contributed by atoms with Gasteiger partial charge in [0.2, 0.25) is 0 Å². The number of aliphatic hydroxyl groups excluding tert-OH is 1. The van der Waals surface area contributed by atoms with Crippen LogP contribution in [0.4, 0.5) is 10.5 Å². The molecule has 1 aromatic rings. The lowest BCUT2D eigenvalue weighted by atomic mass is 10.1. The monoisotopic (exact) mass is 383 g/mol. The fourth-order valence-corrected chi connectivity index (χ4v) is 2.05. The van der Waals surface area contributed by atoms with Gasteiger partial charge in [-0.1, -0.05) is 15.9 Å². The lowest BCUT2D eigenvalue weighted by molar-refractivity contribution is 0.112. The van der Waals surface area contributed by atoms with E-state index in [9.17, 15) is 9.90 Å². The molecule has 0 aliphatic carbocycles. The Balaban J connectivity index is 2.34. The smallest absolute Gasteiger partial charge is 0.411 e. The molecule has 0 radical (unpaired) electrons. The second-order valence-electron chi connectivity index (χ2n) is 4.33. The summed E-state index contributed by atoms with van der Waals surface area (Å²) in [6, 6.07) is 7.05. The van der Waals surface area contributed by atoms with Gasteiger partial charge in [0.15, 0.2) is 0 Å². The molecule has 1 aromatic carbocycles. The molecule has 2 N–H and O–H groups in total. The van der Waals surface area contributed by atoms with Crippen molar-refractivity contribution in [1.82, 2.24) is 0 Å². The van der Waals surface area contributed by atoms with Gasteiger partial charge in [-0.05, 0) is 37.6 Å². The molecule has 0 spiro atoms. The minimum Gasteiger partial charge on any atom is -0.448 e. The Hall–Kier alpha value is -0.490. The summed E-state index contributed by atoms with van der Waals surface area (Å²) in [4.78, 5) is 11.5. The number of hydrogen-bond donors (Lipinski definition) is 2. The van der Waals surface area contributed by atoms with Crippen molar-refractivity contribution < 1.29 is 14.6 Å². The molecule has 3 atom stereocenters. The normalized spacial score (nSPS) is 15.2. The zero-order valence-corrected chi connectivity index (χ0v) is 14.0. The highest BCUT2D eigenvalue weighted by Gasteiger charge is 2.20. The third-order valence-electron chi connectivity index (χ3n) is 2.45. The van der Waals surface area contributed by atoms with Crippen LogP contribution >= 0.6 is 39.1 Å². The van der Waals surface area contributed by atoms with E-state index in [0.717, 1.165) is 4.47 Å². The summed E-state index contributed by atoms with van der Waals surface area (Å²) in [5.41, 5.74) is 0.610. The number of anilines is 1. The number of ether oxygens (including phenoxy) is 1. The van der Waals surface area contributed by atoms with E-state index in [-0.39, 0.29) is 12.0 Å². The zero-order chi connectivity index (χ0) is 15.1. The van der Waals surface area contributed by atoms with E-state index in [1.165, 1.54) is 0 Å². The predicted octanol–water partition coefficient (Wildman–Crippen LogP) is 3.98. The summed E-state index contributed by atoms with van der Waals surface area (Å²) >= 11 is 15.0. The fraction of sp³-hybridized carbons (Fsp3) is 0.462. The van der Waals surface area contributed by atoms with Crippen LogP contribution in [0.5, 0.6) is 0 Å². The van der Waals surface area contributed by atoms with Crippen molar-refractivity contribution in [3.8, 4) is 0 Å². The number of rotatable bonds is 6. The van der Waals surface area contributed by atoms with E-state index < -0.39 is 17.6 Å². The first kappa shape index (κ1) is 17.6. The molecule has 1 rings (SSSR count). The molecule has 0 fully saturated rings. The Bertz CT molecular complexity index is 428. The first-order valence-corrected chi connectivity index (χ1v) is 7.70. The minimum atomic E-state index is -0.815. The standard InChI is InChI=1S/C13H16BrCl2NO3/c1-8(15)6-12(18)11(16)7-20-13(19)17-10-4-2-9(14)3-5-10/h2-5,8,11-12,18H,6-7H2,1H3,(H,17,19)/t8-,11-,12-/m1/s1. The number of halogens is 3. The number of benzene rings is 1. The Morgan fingerprint density at radius 2 is 2.00 bits per heavy atom. The highest BCUT2D eigenvalue weighted by Crippen LogP contribution is 2.15. The molecule has 0 bridgehead atoms. The highest BCUT2D eigenvalue weighted by atomic mass is 79.9. The van der Waals surface area contributed by atoms with E-state index in [2.05, 4.69) is 21.2 Å². The third kappa shape index (κ3) is 6.79. The van der Waals surface area contributed by atoms with Crippen LogP contribution in [-0.2, 0) is 4.74 Å². The number of nitrogens with one attached hydrogen (secondary N) is 1. The number of carbonyl (C=O) groups excluding carboxylic acids is 1. The maximum Gasteiger partial charge on any atom is 0.411 e. The fourth-order valence-electron chi connectivity index (χ4n) is 1.43. The topological polar surface area (TPSA) is 58.6 Å². The van der Waals surface area contributed by atoms with Crippen molar-refractivity contribution in [2.45, 2.75) is 30.2 Å². The second kappa shape index (κ2) is 8.72. The van der Waals surface area contributed by atoms with Crippen LogP contribution in [0.2, 0.25) is 0 Å². The number of hydrogen-bond acceptors (Lipinski definition) is 3. The molecule has 0 aliphatic rings. The van der Waals surface area contributed by atoms with Gasteiger partial charge in [-0.25, -0.2) is 4.79 Å². The molecule has 20 heavy (non-hydrogen) atoms. The average Bonchev–Trinajstić information content (AvgIpc) is 2.38. The molecule has 0 saturated carbocycles. The SMILES string of the molecule is C[C@@H](Cl)C[C@@H](O)[C@H](Cl)COC(=O)Nc1ccc(Br)cc1. The molecular formula is C13H16BrCl2NO3. The van der Waals surface area contributed by atoms with Gasteiger partial charge in [-0.3, -0.25) is 5.32 Å². The maximum absolute atomic E-state index is 11.5. The highest BCUT2D eigenvalue weighted by molar-refractivity contribution is 9.10. The van der Waals surface area contributed by atoms with Crippen molar-refractivity contribution in [3.05, 3.63) is 28.7 Å². The van der Waals surface area contributed by atoms with Crippen molar-refractivity contribution >= 4 is 50.9 Å². The van der Waals surface area contributed by atoms with Gasteiger partial charge in [0.25, 0.3) is 0 Å². The van der Waals surface area contributed by atoms with Crippen LogP contribution in [0.15, 0.2) is 28.7 Å². The van der Waals surface area contributed by atoms with Gasteiger partial charge in [0.1, 0.15) is 6.61 Å². The lowest BCUT2D eigenvalue weighted by Crippen LogP contribution is -2.29. The van der Waals surface area contributed by atoms with E-state index in [0.29, 0.717) is 12.1 Å². The van der Waals surface area contributed by atoms with Gasteiger partial charge in [0, 0.05) is 15.5 Å². The van der Waals surface area contributed by atoms with Gasteiger partial charge < -0.3 is 9.84 Å². The maximum atomic E-state index is 11.5. The molecular weight excluding hydrogens is 369 g/mol. The van der Waals surface area contributed by atoms with Crippen LogP contribution in [0.25, 0.3) is 0 Å². The van der Waals surface area contributed by atoms with E-state index in [1.807, 2.05) is 0 Å². The van der Waals surface area contributed by atoms with Gasteiger partial charge in [0.05, 0.1) is 11.5 Å². The summed E-state index contributed by atoms with van der Waals surface area (Å²) in [6.45, 7) is 1.67. The Morgan fingerprint density at radius 1 is 1.40 bits per heavy atom. The first-order chi connectivity index (χ1) is 9.38. The zero-order valence-electron chi connectivity index (χ0n) is 10.9. The van der Waals surface area contributed by atoms with Crippen molar-refractivity contribution in [2.24, 2.45) is 0 Å². The Morgan fingerprint density at radius 3 is 2.55 bits per heavy atom. The Labute approximate surface area is 136 Å². The average molecular weight is 385 g/mol. The van der Waals surface area contributed by atoms with Gasteiger partial charge >= 0.3 is 6.09 Å². The second-order valence-corrected chi connectivity index (χ2v) is 6.55. The predicted molar refractivity (Wildman–Crippen MR) is 84.7 cm³/mol. The van der Waals surface area contributed by atoms with Crippen LogP contribution < -0.4 is 5.32 Å². The summed E-state index contributed by atoms with van der Waals surface area (Å²) < 4.78 is 5.86. The molecule has 0 saturated heterocycles. The number of aliphatic hydroxyl groups is 1. The Kier molecular flexibility index (Phi) is 7.66. The molecule has 4 nitrogen and oxygen atoms in total. The molecule has 112 valence electrons. The van der Waals surface area contributed by atoms with E-state index in [1.54, 1.807) is 31.2 Å². The van der Waals surface area contributed by atoms with E-state index in [4.69, 9.17) is 27.9 Å². The first-order valence-electron chi connectivity index (χ1n) is 6.04. The minimum absolute atomic E-state index is 0.0886. The van der Waals surface area contributed by atoms with Crippen molar-refractivity contribution in [1.29, 1.82) is 0 Å². The lowest BCUT2D eigenvalue weighted by Gasteiger charge is -2.18. The molecule has 0 aromatic heterocycles. The number of amides is 1. The largest absolute Gasteiger partial charge is 0.448 e. The van der Waals surface area contributed by atoms with Crippen LogP contribution in [-0.4, -0.2) is 34.7 Å². The molecule has 0 heterocycles. The van der Waals surface area contributed by atoms with Gasteiger partial charge in [-0.15, -0.1) is 23.2 Å². The summed E-state index contributed by atoms with van der Waals surface area (Å²) in [5.74, 6) is 0.